The predicted molar refractivity (Wildman–Crippen MR) is 132 cm³/mol. The van der Waals surface area contributed by atoms with Crippen LogP contribution in [0, 0.1) is 0 Å². The molecule has 1 aromatic carbocycles. The maximum absolute atomic E-state index is 12.9. The summed E-state index contributed by atoms with van der Waals surface area (Å²) in [5, 5.41) is 14.1. The van der Waals surface area contributed by atoms with Gasteiger partial charge < -0.3 is 27.0 Å². The molecule has 1 fully saturated rings. The lowest BCUT2D eigenvalue weighted by atomic mass is 10.0. The maximum Gasteiger partial charge on any atom is 0.275 e. The molecule has 32 heavy (non-hydrogen) atoms. The minimum atomic E-state index is -0.269. The Hall–Kier alpha value is -3.19. The monoisotopic (exact) mass is 471 g/mol. The Balaban J connectivity index is 1.46. The van der Waals surface area contributed by atoms with E-state index in [0.29, 0.717) is 10.8 Å². The summed E-state index contributed by atoms with van der Waals surface area (Å²) in [5.74, 6) is 5.20. The highest BCUT2D eigenvalue weighted by Gasteiger charge is 2.20. The van der Waals surface area contributed by atoms with Crippen molar-refractivity contribution in [2.24, 2.45) is 22.4 Å². The first-order chi connectivity index (χ1) is 15.5. The van der Waals surface area contributed by atoms with E-state index in [4.69, 9.17) is 17.3 Å². The zero-order valence-electron chi connectivity index (χ0n) is 17.2. The van der Waals surface area contributed by atoms with E-state index >= 15 is 0 Å². The molecule has 0 spiro atoms. The number of piperidine rings is 1. The number of nitrogens with two attached hydrogens (primary N) is 3. The Morgan fingerprint density at radius 1 is 1.16 bits per heavy atom. The van der Waals surface area contributed by atoms with Crippen molar-refractivity contribution >= 4 is 56.6 Å². The van der Waals surface area contributed by atoms with E-state index in [1.54, 1.807) is 5.38 Å². The molecule has 1 aliphatic heterocycles. The number of benzene rings is 1. The Labute approximate surface area is 193 Å². The van der Waals surface area contributed by atoms with Crippen molar-refractivity contribution in [2.45, 2.75) is 18.9 Å². The lowest BCUT2D eigenvalue weighted by Crippen LogP contribution is -2.40. The minimum Gasteiger partial charge on any atom is -0.381 e. The minimum absolute atomic E-state index is 0.242. The van der Waals surface area contributed by atoms with Crippen molar-refractivity contribution in [3.05, 3.63) is 51.7 Å². The molecule has 0 atom stereocenters. The van der Waals surface area contributed by atoms with Crippen molar-refractivity contribution < 1.29 is 4.79 Å². The normalized spacial score (nSPS) is 14.9. The number of para-hydroxylation sites is 2. The summed E-state index contributed by atoms with van der Waals surface area (Å²) in [4.78, 5) is 20.3. The molecule has 9 N–H and O–H groups in total. The quantitative estimate of drug-likeness (QED) is 0.132. The van der Waals surface area contributed by atoms with Gasteiger partial charge in [-0.05, 0) is 36.4 Å². The summed E-state index contributed by atoms with van der Waals surface area (Å²) < 4.78 is 0. The first-order valence-corrected chi connectivity index (χ1v) is 11.8. The standard InChI is InChI=1S/C20H25N9OS2/c21-12-5-8-29(9-6-12)16-4-2-1-3-13(16)24-19(30)15-11-32-20(26-15)25-14-7-10-31-17(14)18(22)27-28-23/h1-4,7,10-12,28H,5-6,8-9,21,23H2,(H2,22,27)(H,24,30)(H,25,26). The highest BCUT2D eigenvalue weighted by molar-refractivity contribution is 7.14. The second-order valence-electron chi connectivity index (χ2n) is 7.25. The number of carbonyl (C=O) groups excluding carboxylic acids is 1. The highest BCUT2D eigenvalue weighted by Crippen LogP contribution is 2.30. The Kier molecular flexibility index (Phi) is 6.85. The predicted octanol–water partition coefficient (Wildman–Crippen LogP) is 2.21. The number of aromatic nitrogens is 1. The van der Waals surface area contributed by atoms with Crippen LogP contribution in [-0.2, 0) is 0 Å². The number of nitrogens with one attached hydrogen (secondary N) is 3. The van der Waals surface area contributed by atoms with Gasteiger partial charge in [-0.25, -0.2) is 16.4 Å². The van der Waals surface area contributed by atoms with Crippen LogP contribution in [0.25, 0.3) is 0 Å². The SMILES string of the molecule is NN/N=C(\N)c1sccc1Nc1nc(C(=O)Nc2ccccc2N2CCC(N)CC2)cs1. The number of nitrogens with zero attached hydrogens (tertiary/aromatic N) is 3. The van der Waals surface area contributed by atoms with Crippen LogP contribution in [0.5, 0.6) is 0 Å². The fourth-order valence-corrected chi connectivity index (χ4v) is 4.91. The number of hydrazone groups is 1. The number of hydrogen-bond acceptors (Lipinski definition) is 10. The van der Waals surface area contributed by atoms with E-state index in [1.165, 1.54) is 22.7 Å². The van der Waals surface area contributed by atoms with Crippen molar-refractivity contribution in [1.29, 1.82) is 0 Å². The average Bonchev–Trinajstić information content (AvgIpc) is 3.45. The van der Waals surface area contributed by atoms with Gasteiger partial charge in [0.1, 0.15) is 5.69 Å². The zero-order chi connectivity index (χ0) is 22.5. The van der Waals surface area contributed by atoms with Crippen LogP contribution in [0.2, 0.25) is 0 Å². The number of anilines is 4. The number of hydrogen-bond donors (Lipinski definition) is 6. The summed E-state index contributed by atoms with van der Waals surface area (Å²) in [7, 11) is 0. The number of carbonyl (C=O) groups is 1. The van der Waals surface area contributed by atoms with Gasteiger partial charge in [0.05, 0.1) is 21.9 Å². The van der Waals surface area contributed by atoms with Gasteiger partial charge in [0.15, 0.2) is 11.0 Å². The van der Waals surface area contributed by atoms with Gasteiger partial charge in [0.2, 0.25) is 0 Å². The molecule has 12 heteroatoms. The van der Waals surface area contributed by atoms with Crippen molar-refractivity contribution in [2.75, 3.05) is 28.6 Å². The van der Waals surface area contributed by atoms with Gasteiger partial charge in [-0.3, -0.25) is 4.79 Å². The van der Waals surface area contributed by atoms with E-state index in [9.17, 15) is 4.79 Å². The van der Waals surface area contributed by atoms with Crippen molar-refractivity contribution in [3.63, 3.8) is 0 Å². The zero-order valence-corrected chi connectivity index (χ0v) is 18.9. The molecule has 3 heterocycles. The van der Waals surface area contributed by atoms with Crippen LogP contribution >= 0.6 is 22.7 Å². The number of thiazole rings is 1. The van der Waals surface area contributed by atoms with Crippen LogP contribution in [0.15, 0.2) is 46.2 Å². The molecule has 0 unspecified atom stereocenters. The fourth-order valence-electron chi connectivity index (χ4n) is 3.46. The third-order valence-electron chi connectivity index (χ3n) is 5.09. The number of amidine groups is 1. The molecular weight excluding hydrogens is 446 g/mol. The average molecular weight is 472 g/mol. The second-order valence-corrected chi connectivity index (χ2v) is 9.02. The molecule has 168 valence electrons. The molecule has 4 rings (SSSR count). The maximum atomic E-state index is 12.9. The number of amides is 1. The summed E-state index contributed by atoms with van der Waals surface area (Å²) in [6.45, 7) is 1.74. The van der Waals surface area contributed by atoms with Crippen LogP contribution in [0.3, 0.4) is 0 Å². The summed E-state index contributed by atoms with van der Waals surface area (Å²) >= 11 is 2.75. The van der Waals surface area contributed by atoms with Gasteiger partial charge in [-0.1, -0.05) is 12.1 Å². The third kappa shape index (κ3) is 4.99. The van der Waals surface area contributed by atoms with Crippen LogP contribution in [0.4, 0.5) is 22.2 Å². The molecule has 10 nitrogen and oxygen atoms in total. The molecular formula is C20H25N9OS2. The molecule has 0 aliphatic carbocycles. The van der Waals surface area contributed by atoms with Gasteiger partial charge in [0, 0.05) is 24.5 Å². The Morgan fingerprint density at radius 3 is 2.72 bits per heavy atom. The molecule has 0 radical (unpaired) electrons. The van der Waals surface area contributed by atoms with Crippen LogP contribution < -0.4 is 38.4 Å². The van der Waals surface area contributed by atoms with E-state index in [-0.39, 0.29) is 17.8 Å². The summed E-state index contributed by atoms with van der Waals surface area (Å²) in [5.41, 5.74) is 16.9. The molecule has 3 aromatic rings. The van der Waals surface area contributed by atoms with Crippen molar-refractivity contribution in [3.8, 4) is 0 Å². The number of rotatable bonds is 7. The lowest BCUT2D eigenvalue weighted by molar-refractivity contribution is 0.102. The third-order valence-corrected chi connectivity index (χ3v) is 6.79. The molecule has 1 aliphatic rings. The molecule has 1 amide bonds. The second kappa shape index (κ2) is 9.96. The molecule has 0 bridgehead atoms. The van der Waals surface area contributed by atoms with E-state index in [0.717, 1.165) is 47.9 Å². The number of hydrazine groups is 1. The largest absolute Gasteiger partial charge is 0.381 e. The summed E-state index contributed by atoms with van der Waals surface area (Å²) in [6.07, 6.45) is 1.87. The van der Waals surface area contributed by atoms with E-state index in [2.05, 4.69) is 31.2 Å². The van der Waals surface area contributed by atoms with Crippen molar-refractivity contribution in [1.82, 2.24) is 10.5 Å². The first-order valence-electron chi connectivity index (χ1n) is 10.0. The summed E-state index contributed by atoms with van der Waals surface area (Å²) in [6, 6.07) is 9.90. The lowest BCUT2D eigenvalue weighted by Gasteiger charge is -2.33. The topological polar surface area (TPSA) is 160 Å². The van der Waals surface area contributed by atoms with Gasteiger partial charge in [-0.2, -0.15) is 0 Å². The Morgan fingerprint density at radius 2 is 1.94 bits per heavy atom. The molecule has 1 saturated heterocycles. The van der Waals surface area contributed by atoms with Gasteiger partial charge in [-0.15, -0.1) is 27.8 Å². The first kappa shape index (κ1) is 22.0. The van der Waals surface area contributed by atoms with Crippen LogP contribution in [-0.4, -0.2) is 35.9 Å². The number of thiophene rings is 1. The molecule has 2 aromatic heterocycles. The van der Waals surface area contributed by atoms with E-state index in [1.807, 2.05) is 35.7 Å². The Bertz CT molecular complexity index is 1100. The molecule has 0 saturated carbocycles. The van der Waals surface area contributed by atoms with Gasteiger partial charge >= 0.3 is 0 Å². The van der Waals surface area contributed by atoms with E-state index < -0.39 is 0 Å². The highest BCUT2D eigenvalue weighted by atomic mass is 32.1. The smallest absolute Gasteiger partial charge is 0.275 e. The van der Waals surface area contributed by atoms with Crippen LogP contribution in [0.1, 0.15) is 28.2 Å². The fraction of sp³-hybridized carbons (Fsp3) is 0.250. The van der Waals surface area contributed by atoms with Gasteiger partial charge in [0.25, 0.3) is 5.91 Å².